The number of hydrogen-bond acceptors (Lipinski definition) is 10. The Hall–Kier alpha value is -1.64. The molecule has 2 amide bonds. The van der Waals surface area contributed by atoms with Gasteiger partial charge in [-0.3, -0.25) is 8.37 Å². The van der Waals surface area contributed by atoms with Crippen molar-refractivity contribution >= 4 is 32.4 Å². The summed E-state index contributed by atoms with van der Waals surface area (Å²) in [5.74, 6) is 0. The van der Waals surface area contributed by atoms with Gasteiger partial charge in [0.2, 0.25) is 0 Å². The zero-order chi connectivity index (χ0) is 20.4. The highest BCUT2D eigenvalue weighted by Gasteiger charge is 2.29. The molecule has 0 unspecified atom stereocenters. The van der Waals surface area contributed by atoms with Crippen LogP contribution in [0.5, 0.6) is 0 Å². The van der Waals surface area contributed by atoms with Crippen molar-refractivity contribution in [2.45, 2.75) is 25.9 Å². The van der Waals surface area contributed by atoms with Crippen LogP contribution in [0.4, 0.5) is 9.59 Å². The molecule has 0 heterocycles. The van der Waals surface area contributed by atoms with Gasteiger partial charge in [0.25, 0.3) is 20.2 Å². The molecule has 0 aromatic rings. The number of hydrogen-bond donors (Lipinski definition) is 2. The lowest BCUT2D eigenvalue weighted by molar-refractivity contribution is 0.119. The normalized spacial score (nSPS) is 14.2. The van der Waals surface area contributed by atoms with Gasteiger partial charge in [0, 0.05) is 0 Å². The van der Waals surface area contributed by atoms with Gasteiger partial charge in [-0.05, 0) is 13.8 Å². The Morgan fingerprint density at radius 2 is 1.08 bits per heavy atom. The standard InChI is InChI=1S/C12H24N2O10S2/c1-5-21-11(15)13-9(7-23-25(3,17)18)10(8-24-26(4,19)20)14-12(16)22-6-2/h9-10H,5-8H2,1-4H3,(H,13,15)(H,14,16)/t9-,10-/m1/s1. The summed E-state index contributed by atoms with van der Waals surface area (Å²) in [6.07, 6.45) is -0.279. The molecule has 0 aliphatic rings. The fourth-order valence-electron chi connectivity index (χ4n) is 1.56. The summed E-state index contributed by atoms with van der Waals surface area (Å²) in [5, 5.41) is 4.56. The van der Waals surface area contributed by atoms with E-state index < -0.39 is 57.7 Å². The summed E-state index contributed by atoms with van der Waals surface area (Å²) in [4.78, 5) is 23.3. The van der Waals surface area contributed by atoms with Crippen LogP contribution in [0.15, 0.2) is 0 Å². The molecule has 0 fully saturated rings. The minimum Gasteiger partial charge on any atom is -0.450 e. The second-order valence-electron chi connectivity index (χ2n) is 4.92. The van der Waals surface area contributed by atoms with E-state index in [1.165, 1.54) is 0 Å². The molecule has 14 heteroatoms. The Balaban J connectivity index is 5.39. The van der Waals surface area contributed by atoms with Gasteiger partial charge in [0.05, 0.1) is 51.0 Å². The summed E-state index contributed by atoms with van der Waals surface area (Å²) < 4.78 is 63.5. The van der Waals surface area contributed by atoms with Crippen LogP contribution in [-0.2, 0) is 38.1 Å². The van der Waals surface area contributed by atoms with E-state index in [0.29, 0.717) is 0 Å². The van der Waals surface area contributed by atoms with Crippen LogP contribution in [0.3, 0.4) is 0 Å². The minimum atomic E-state index is -3.88. The molecule has 2 N–H and O–H groups in total. The zero-order valence-corrected chi connectivity index (χ0v) is 16.5. The van der Waals surface area contributed by atoms with Crippen molar-refractivity contribution in [3.8, 4) is 0 Å². The van der Waals surface area contributed by atoms with Gasteiger partial charge < -0.3 is 20.1 Å². The van der Waals surface area contributed by atoms with E-state index in [1.807, 2.05) is 0 Å². The molecule has 154 valence electrons. The average Bonchev–Trinajstić information content (AvgIpc) is 2.46. The van der Waals surface area contributed by atoms with Crippen LogP contribution in [0.25, 0.3) is 0 Å². The van der Waals surface area contributed by atoms with Crippen molar-refractivity contribution in [3.05, 3.63) is 0 Å². The van der Waals surface area contributed by atoms with E-state index >= 15 is 0 Å². The molecular formula is C12H24N2O10S2. The van der Waals surface area contributed by atoms with Crippen molar-refractivity contribution in [1.82, 2.24) is 10.6 Å². The molecule has 0 radical (unpaired) electrons. The van der Waals surface area contributed by atoms with Crippen molar-refractivity contribution in [2.24, 2.45) is 0 Å². The van der Waals surface area contributed by atoms with E-state index in [4.69, 9.17) is 9.47 Å². The van der Waals surface area contributed by atoms with Crippen molar-refractivity contribution in [1.29, 1.82) is 0 Å². The first-order valence-corrected chi connectivity index (χ1v) is 11.1. The second-order valence-corrected chi connectivity index (χ2v) is 8.21. The predicted octanol–water partition coefficient (Wildman–Crippen LogP) is -0.832. The lowest BCUT2D eigenvalue weighted by Crippen LogP contribution is -2.56. The molecule has 0 saturated heterocycles. The first kappa shape index (κ1) is 24.4. The molecule has 0 aromatic carbocycles. The van der Waals surface area contributed by atoms with Crippen molar-refractivity contribution < 1.29 is 44.3 Å². The van der Waals surface area contributed by atoms with Gasteiger partial charge in [0.1, 0.15) is 0 Å². The van der Waals surface area contributed by atoms with E-state index in [2.05, 4.69) is 19.0 Å². The van der Waals surface area contributed by atoms with E-state index in [9.17, 15) is 26.4 Å². The summed E-state index contributed by atoms with van der Waals surface area (Å²) in [5.41, 5.74) is 0. The Morgan fingerprint density at radius 1 is 0.769 bits per heavy atom. The highest BCUT2D eigenvalue weighted by Crippen LogP contribution is 2.03. The number of ether oxygens (including phenoxy) is 2. The highest BCUT2D eigenvalue weighted by atomic mass is 32.2. The SMILES string of the molecule is CCOC(=O)N[C@H](COS(C)(=O)=O)[C@@H](COS(C)(=O)=O)NC(=O)OCC. The number of nitrogens with one attached hydrogen (secondary N) is 2. The Bertz CT molecular complexity index is 603. The van der Waals surface area contributed by atoms with Crippen molar-refractivity contribution in [3.63, 3.8) is 0 Å². The molecule has 0 spiro atoms. The molecule has 0 rings (SSSR count). The van der Waals surface area contributed by atoms with E-state index in [-0.39, 0.29) is 13.2 Å². The molecule has 2 atom stereocenters. The average molecular weight is 420 g/mol. The van der Waals surface area contributed by atoms with Crippen LogP contribution in [0.1, 0.15) is 13.8 Å². The molecule has 0 aliphatic heterocycles. The second kappa shape index (κ2) is 11.2. The number of rotatable bonds is 11. The maximum absolute atomic E-state index is 11.7. The smallest absolute Gasteiger partial charge is 0.407 e. The molecule has 0 aliphatic carbocycles. The first-order valence-electron chi connectivity index (χ1n) is 7.43. The molecule has 0 saturated carbocycles. The summed E-state index contributed by atoms with van der Waals surface area (Å²) in [6, 6.07) is -2.40. The fraction of sp³-hybridized carbons (Fsp3) is 0.833. The first-order chi connectivity index (χ1) is 11.9. The zero-order valence-electron chi connectivity index (χ0n) is 14.9. The van der Waals surface area contributed by atoms with Gasteiger partial charge >= 0.3 is 12.2 Å². The molecule has 12 nitrogen and oxygen atoms in total. The molecule has 0 aromatic heterocycles. The summed E-state index contributed by atoms with van der Waals surface area (Å²) in [7, 11) is -7.76. The van der Waals surface area contributed by atoms with Gasteiger partial charge in [0.15, 0.2) is 0 Å². The van der Waals surface area contributed by atoms with Crippen LogP contribution >= 0.6 is 0 Å². The lowest BCUT2D eigenvalue weighted by Gasteiger charge is -2.27. The number of amides is 2. The maximum atomic E-state index is 11.7. The minimum absolute atomic E-state index is 0.0291. The van der Waals surface area contributed by atoms with Gasteiger partial charge in [-0.2, -0.15) is 16.8 Å². The maximum Gasteiger partial charge on any atom is 0.407 e. The quantitative estimate of drug-likeness (QED) is 0.403. The molecule has 26 heavy (non-hydrogen) atoms. The third-order valence-corrected chi connectivity index (χ3v) is 3.69. The number of carbonyl (C=O) groups excluding carboxylic acids is 2. The Labute approximate surface area is 152 Å². The summed E-state index contributed by atoms with van der Waals surface area (Å²) in [6.45, 7) is 1.93. The fourth-order valence-corrected chi connectivity index (χ4v) is 2.35. The highest BCUT2D eigenvalue weighted by molar-refractivity contribution is 7.86. The topological polar surface area (TPSA) is 163 Å². The summed E-state index contributed by atoms with van der Waals surface area (Å²) >= 11 is 0. The largest absolute Gasteiger partial charge is 0.450 e. The van der Waals surface area contributed by atoms with E-state index in [1.54, 1.807) is 13.8 Å². The van der Waals surface area contributed by atoms with Crippen LogP contribution in [-0.4, -0.2) is 80.0 Å². The van der Waals surface area contributed by atoms with Crippen LogP contribution in [0, 0.1) is 0 Å². The monoisotopic (exact) mass is 420 g/mol. The third-order valence-electron chi connectivity index (χ3n) is 2.57. The molecular weight excluding hydrogens is 396 g/mol. The van der Waals surface area contributed by atoms with Gasteiger partial charge in [-0.15, -0.1) is 0 Å². The van der Waals surface area contributed by atoms with Gasteiger partial charge in [-0.25, -0.2) is 9.59 Å². The predicted molar refractivity (Wildman–Crippen MR) is 89.5 cm³/mol. The van der Waals surface area contributed by atoms with E-state index in [0.717, 1.165) is 12.5 Å². The number of alkyl carbamates (subject to hydrolysis) is 2. The Kier molecular flexibility index (Phi) is 10.4. The van der Waals surface area contributed by atoms with Crippen molar-refractivity contribution in [2.75, 3.05) is 38.9 Å². The lowest BCUT2D eigenvalue weighted by atomic mass is 10.1. The number of carbonyl (C=O) groups is 2. The van der Waals surface area contributed by atoms with Crippen LogP contribution < -0.4 is 10.6 Å². The molecule has 0 bridgehead atoms. The third kappa shape index (κ3) is 12.7. The van der Waals surface area contributed by atoms with Crippen LogP contribution in [0.2, 0.25) is 0 Å². The Morgan fingerprint density at radius 3 is 1.31 bits per heavy atom. The van der Waals surface area contributed by atoms with Gasteiger partial charge in [-0.1, -0.05) is 0 Å².